The SMILES string of the molecule is CCCCC(CC)Nc1cccc(OC(C)CC)c1. The average Bonchev–Trinajstić information content (AvgIpc) is 2.43. The summed E-state index contributed by atoms with van der Waals surface area (Å²) in [7, 11) is 0. The number of hydrogen-bond acceptors (Lipinski definition) is 2. The molecule has 0 bridgehead atoms. The highest BCUT2D eigenvalue weighted by Crippen LogP contribution is 2.21. The maximum absolute atomic E-state index is 5.86. The van der Waals surface area contributed by atoms with Gasteiger partial charge in [-0.1, -0.05) is 39.7 Å². The van der Waals surface area contributed by atoms with Crippen LogP contribution in [0.15, 0.2) is 24.3 Å². The molecule has 2 unspecified atom stereocenters. The fourth-order valence-corrected chi connectivity index (χ4v) is 2.04. The van der Waals surface area contributed by atoms with Crippen molar-refractivity contribution in [3.63, 3.8) is 0 Å². The number of benzene rings is 1. The van der Waals surface area contributed by atoms with Gasteiger partial charge in [-0.3, -0.25) is 0 Å². The topological polar surface area (TPSA) is 21.3 Å². The Bertz CT molecular complexity index is 351. The molecule has 0 aliphatic carbocycles. The standard InChI is InChI=1S/C17H29NO/c1-5-8-10-15(7-3)18-16-11-9-12-17(13-16)19-14(4)6-2/h9,11-15,18H,5-8,10H2,1-4H3. The quantitative estimate of drug-likeness (QED) is 0.657. The Labute approximate surface area is 118 Å². The molecule has 19 heavy (non-hydrogen) atoms. The molecule has 0 aliphatic rings. The van der Waals surface area contributed by atoms with Gasteiger partial charge in [0.25, 0.3) is 0 Å². The van der Waals surface area contributed by atoms with Crippen LogP contribution < -0.4 is 10.1 Å². The third-order valence-corrected chi connectivity index (χ3v) is 3.52. The van der Waals surface area contributed by atoms with E-state index in [1.54, 1.807) is 0 Å². The summed E-state index contributed by atoms with van der Waals surface area (Å²) in [6.45, 7) is 8.74. The first kappa shape index (κ1) is 15.9. The van der Waals surface area contributed by atoms with Gasteiger partial charge in [0.05, 0.1) is 6.10 Å². The third-order valence-electron chi connectivity index (χ3n) is 3.52. The molecular weight excluding hydrogens is 234 g/mol. The molecule has 2 atom stereocenters. The van der Waals surface area contributed by atoms with Crippen LogP contribution in [0.5, 0.6) is 5.75 Å². The lowest BCUT2D eigenvalue weighted by atomic mass is 10.1. The predicted molar refractivity (Wildman–Crippen MR) is 84.0 cm³/mol. The lowest BCUT2D eigenvalue weighted by Crippen LogP contribution is -2.18. The van der Waals surface area contributed by atoms with E-state index < -0.39 is 0 Å². The molecule has 0 amide bonds. The number of ether oxygens (including phenoxy) is 1. The van der Waals surface area contributed by atoms with Gasteiger partial charge in [0.2, 0.25) is 0 Å². The summed E-state index contributed by atoms with van der Waals surface area (Å²) in [5.41, 5.74) is 1.17. The Hall–Kier alpha value is -1.18. The van der Waals surface area contributed by atoms with E-state index in [9.17, 15) is 0 Å². The van der Waals surface area contributed by atoms with Crippen LogP contribution in [0.4, 0.5) is 5.69 Å². The molecule has 0 saturated heterocycles. The summed E-state index contributed by atoms with van der Waals surface area (Å²) in [4.78, 5) is 0. The molecule has 108 valence electrons. The van der Waals surface area contributed by atoms with Gasteiger partial charge in [0.15, 0.2) is 0 Å². The van der Waals surface area contributed by atoms with Crippen LogP contribution in [-0.2, 0) is 0 Å². The fourth-order valence-electron chi connectivity index (χ4n) is 2.04. The van der Waals surface area contributed by atoms with Gasteiger partial charge < -0.3 is 10.1 Å². The Balaban J connectivity index is 2.59. The van der Waals surface area contributed by atoms with Gasteiger partial charge in [-0.25, -0.2) is 0 Å². The first-order valence-corrected chi connectivity index (χ1v) is 7.72. The normalized spacial score (nSPS) is 13.9. The highest BCUT2D eigenvalue weighted by molar-refractivity contribution is 5.48. The summed E-state index contributed by atoms with van der Waals surface area (Å²) in [5.74, 6) is 0.963. The minimum absolute atomic E-state index is 0.275. The van der Waals surface area contributed by atoms with Gasteiger partial charge in [-0.2, -0.15) is 0 Å². The van der Waals surface area contributed by atoms with E-state index in [0.717, 1.165) is 18.6 Å². The number of nitrogens with one attached hydrogen (secondary N) is 1. The zero-order chi connectivity index (χ0) is 14.1. The van der Waals surface area contributed by atoms with Gasteiger partial charge in [-0.15, -0.1) is 0 Å². The predicted octanol–water partition coefficient (Wildman–Crippen LogP) is 5.24. The second-order valence-electron chi connectivity index (χ2n) is 5.26. The van der Waals surface area contributed by atoms with Crippen molar-refractivity contribution in [2.75, 3.05) is 5.32 Å². The molecule has 0 aromatic heterocycles. The Kier molecular flexibility index (Phi) is 7.39. The number of hydrogen-bond donors (Lipinski definition) is 1. The summed E-state index contributed by atoms with van der Waals surface area (Å²) >= 11 is 0. The molecule has 1 rings (SSSR count). The molecular formula is C17H29NO. The Morgan fingerprint density at radius 1 is 1.16 bits per heavy atom. The Morgan fingerprint density at radius 3 is 2.58 bits per heavy atom. The van der Waals surface area contributed by atoms with Crippen LogP contribution in [0.25, 0.3) is 0 Å². The van der Waals surface area contributed by atoms with Crippen molar-refractivity contribution in [3.05, 3.63) is 24.3 Å². The highest BCUT2D eigenvalue weighted by Gasteiger charge is 2.07. The van der Waals surface area contributed by atoms with Gasteiger partial charge in [-0.05, 0) is 38.3 Å². The van der Waals surface area contributed by atoms with Gasteiger partial charge >= 0.3 is 0 Å². The van der Waals surface area contributed by atoms with E-state index in [2.05, 4.69) is 51.2 Å². The fraction of sp³-hybridized carbons (Fsp3) is 0.647. The van der Waals surface area contributed by atoms with Crippen molar-refractivity contribution in [3.8, 4) is 5.75 Å². The molecule has 0 radical (unpaired) electrons. The maximum Gasteiger partial charge on any atom is 0.121 e. The van der Waals surface area contributed by atoms with E-state index in [0.29, 0.717) is 6.04 Å². The number of rotatable bonds is 9. The van der Waals surface area contributed by atoms with E-state index >= 15 is 0 Å². The maximum atomic E-state index is 5.86. The van der Waals surface area contributed by atoms with Crippen LogP contribution in [0, 0.1) is 0 Å². The van der Waals surface area contributed by atoms with Crippen molar-refractivity contribution >= 4 is 5.69 Å². The van der Waals surface area contributed by atoms with Gasteiger partial charge in [0, 0.05) is 17.8 Å². The molecule has 1 N–H and O–H groups in total. The molecule has 1 aromatic rings. The average molecular weight is 263 g/mol. The summed E-state index contributed by atoms with van der Waals surface area (Å²) < 4.78 is 5.86. The molecule has 0 saturated carbocycles. The second-order valence-corrected chi connectivity index (χ2v) is 5.26. The largest absolute Gasteiger partial charge is 0.491 e. The van der Waals surface area contributed by atoms with Crippen LogP contribution in [0.2, 0.25) is 0 Å². The lowest BCUT2D eigenvalue weighted by Gasteiger charge is -2.19. The highest BCUT2D eigenvalue weighted by atomic mass is 16.5. The van der Waals surface area contributed by atoms with E-state index in [1.807, 2.05) is 6.07 Å². The van der Waals surface area contributed by atoms with Crippen LogP contribution in [0.3, 0.4) is 0 Å². The summed E-state index contributed by atoms with van der Waals surface area (Å²) in [6, 6.07) is 8.90. The molecule has 1 aromatic carbocycles. The second kappa shape index (κ2) is 8.84. The molecule has 0 heterocycles. The third kappa shape index (κ3) is 6.00. The van der Waals surface area contributed by atoms with Crippen molar-refractivity contribution in [2.45, 2.75) is 71.9 Å². The lowest BCUT2D eigenvalue weighted by molar-refractivity contribution is 0.217. The van der Waals surface area contributed by atoms with Crippen LogP contribution in [-0.4, -0.2) is 12.1 Å². The van der Waals surface area contributed by atoms with Crippen molar-refractivity contribution in [1.82, 2.24) is 0 Å². The number of unbranched alkanes of at least 4 members (excludes halogenated alkanes) is 1. The molecule has 2 heteroatoms. The minimum atomic E-state index is 0.275. The van der Waals surface area contributed by atoms with Crippen molar-refractivity contribution < 1.29 is 4.74 Å². The molecule has 2 nitrogen and oxygen atoms in total. The minimum Gasteiger partial charge on any atom is -0.491 e. The zero-order valence-electron chi connectivity index (χ0n) is 12.9. The molecule has 0 spiro atoms. The monoisotopic (exact) mass is 263 g/mol. The number of anilines is 1. The molecule has 0 aliphatic heterocycles. The molecule has 0 fully saturated rings. The van der Waals surface area contributed by atoms with E-state index in [1.165, 1.54) is 24.9 Å². The van der Waals surface area contributed by atoms with Gasteiger partial charge in [0.1, 0.15) is 5.75 Å². The van der Waals surface area contributed by atoms with Crippen molar-refractivity contribution in [2.24, 2.45) is 0 Å². The van der Waals surface area contributed by atoms with Crippen LogP contribution >= 0.6 is 0 Å². The van der Waals surface area contributed by atoms with E-state index in [-0.39, 0.29) is 6.10 Å². The summed E-state index contributed by atoms with van der Waals surface area (Å²) in [5, 5.41) is 3.62. The first-order chi connectivity index (χ1) is 9.19. The van der Waals surface area contributed by atoms with Crippen LogP contribution in [0.1, 0.15) is 59.8 Å². The van der Waals surface area contributed by atoms with E-state index in [4.69, 9.17) is 4.74 Å². The Morgan fingerprint density at radius 2 is 1.95 bits per heavy atom. The first-order valence-electron chi connectivity index (χ1n) is 7.72. The zero-order valence-corrected chi connectivity index (χ0v) is 12.9. The van der Waals surface area contributed by atoms with Crippen molar-refractivity contribution in [1.29, 1.82) is 0 Å². The summed E-state index contributed by atoms with van der Waals surface area (Å²) in [6.07, 6.45) is 6.26. The smallest absolute Gasteiger partial charge is 0.121 e.